The van der Waals surface area contributed by atoms with Gasteiger partial charge >= 0.3 is 0 Å². The molecule has 5 heteroatoms. The summed E-state index contributed by atoms with van der Waals surface area (Å²) in [5, 5.41) is 5.36. The van der Waals surface area contributed by atoms with E-state index in [0.29, 0.717) is 0 Å². The van der Waals surface area contributed by atoms with E-state index >= 15 is 0 Å². The van der Waals surface area contributed by atoms with Gasteiger partial charge in [-0.25, -0.2) is 0 Å². The summed E-state index contributed by atoms with van der Waals surface area (Å²) in [7, 11) is 0. The van der Waals surface area contributed by atoms with Crippen LogP contribution >= 0.6 is 24.0 Å². The first kappa shape index (κ1) is 16.3. The second kappa shape index (κ2) is 7.30. The van der Waals surface area contributed by atoms with Crippen molar-refractivity contribution in [2.45, 2.75) is 19.8 Å². The molecule has 0 aliphatic carbocycles. The lowest BCUT2D eigenvalue weighted by molar-refractivity contribution is 0.590. The van der Waals surface area contributed by atoms with Crippen LogP contribution in [0.5, 0.6) is 0 Å². The van der Waals surface area contributed by atoms with Gasteiger partial charge in [0.2, 0.25) is 0 Å². The Labute approximate surface area is 137 Å². The number of hydrogen-bond donors (Lipinski definition) is 1. The van der Waals surface area contributed by atoms with Crippen molar-refractivity contribution in [1.82, 2.24) is 10.3 Å². The monoisotopic (exact) mass is 325 g/mol. The van der Waals surface area contributed by atoms with Crippen LogP contribution in [0.1, 0.15) is 19.0 Å². The van der Waals surface area contributed by atoms with Crippen LogP contribution in [0.4, 0.5) is 5.69 Å². The number of aromatic nitrogens is 1. The van der Waals surface area contributed by atoms with E-state index in [-0.39, 0.29) is 12.4 Å². The van der Waals surface area contributed by atoms with Crippen LogP contribution < -0.4 is 10.2 Å². The van der Waals surface area contributed by atoms with Gasteiger partial charge in [0.1, 0.15) is 0 Å². The molecule has 1 aromatic heterocycles. The average molecular weight is 326 g/mol. The number of rotatable bonds is 3. The maximum Gasteiger partial charge on any atom is 0.0740 e. The Morgan fingerprint density at radius 3 is 2.71 bits per heavy atom. The third-order valence-electron chi connectivity index (χ3n) is 3.77. The summed E-state index contributed by atoms with van der Waals surface area (Å²) in [5.41, 5.74) is 3.48. The number of nitrogens with one attached hydrogen (secondary N) is 1. The van der Waals surface area contributed by atoms with Crippen LogP contribution in [0.25, 0.3) is 10.9 Å². The zero-order valence-electron chi connectivity index (χ0n) is 12.2. The fourth-order valence-corrected chi connectivity index (χ4v) is 2.95. The Morgan fingerprint density at radius 1 is 1.24 bits per heavy atom. The molecule has 0 radical (unpaired) electrons. The predicted molar refractivity (Wildman–Crippen MR) is 93.1 cm³/mol. The molecular formula is C16H21Cl2N3. The third kappa shape index (κ3) is 3.60. The molecule has 3 rings (SSSR count). The van der Waals surface area contributed by atoms with Crippen LogP contribution in [-0.4, -0.2) is 31.2 Å². The van der Waals surface area contributed by atoms with Gasteiger partial charge in [-0.05, 0) is 30.7 Å². The number of benzene rings is 1. The topological polar surface area (TPSA) is 28.2 Å². The molecule has 2 aromatic rings. The summed E-state index contributed by atoms with van der Waals surface area (Å²) in [6.45, 7) is 6.37. The van der Waals surface area contributed by atoms with E-state index in [1.807, 2.05) is 12.1 Å². The first-order valence-corrected chi connectivity index (χ1v) is 7.70. The van der Waals surface area contributed by atoms with Crippen LogP contribution in [0.2, 0.25) is 5.02 Å². The lowest BCUT2D eigenvalue weighted by Gasteiger charge is -2.30. The lowest BCUT2D eigenvalue weighted by Crippen LogP contribution is -2.43. The normalized spacial score (nSPS) is 15.0. The quantitative estimate of drug-likeness (QED) is 0.933. The standard InChI is InChI=1S/C16H20ClN3.ClH/c1-2-3-13-11-16(20-8-6-18-7-9-20)14-5-4-12(17)10-15(14)19-13;/h4-5,10-11,18H,2-3,6-9H2,1H3;1H. The van der Waals surface area contributed by atoms with E-state index in [9.17, 15) is 0 Å². The minimum atomic E-state index is 0. The number of pyridine rings is 1. The van der Waals surface area contributed by atoms with E-state index in [4.69, 9.17) is 16.6 Å². The zero-order chi connectivity index (χ0) is 13.9. The van der Waals surface area contributed by atoms with E-state index in [1.54, 1.807) is 0 Å². The predicted octanol–water partition coefficient (Wildman–Crippen LogP) is 3.67. The summed E-state index contributed by atoms with van der Waals surface area (Å²) in [6.07, 6.45) is 2.13. The third-order valence-corrected chi connectivity index (χ3v) is 4.00. The van der Waals surface area contributed by atoms with Crippen molar-refractivity contribution in [2.24, 2.45) is 0 Å². The number of fused-ring (bicyclic) bond motifs is 1. The van der Waals surface area contributed by atoms with Crippen LogP contribution in [0.3, 0.4) is 0 Å². The molecule has 0 bridgehead atoms. The first-order chi connectivity index (χ1) is 9.78. The van der Waals surface area contributed by atoms with Gasteiger partial charge < -0.3 is 10.2 Å². The molecule has 1 aliphatic heterocycles. The van der Waals surface area contributed by atoms with Crippen molar-refractivity contribution in [2.75, 3.05) is 31.1 Å². The highest BCUT2D eigenvalue weighted by Gasteiger charge is 2.15. The molecule has 1 fully saturated rings. The second-order valence-corrected chi connectivity index (χ2v) is 5.72. The molecule has 1 aliphatic rings. The Bertz CT molecular complexity index is 610. The molecule has 2 heterocycles. The molecule has 1 aromatic carbocycles. The van der Waals surface area contributed by atoms with Gasteiger partial charge in [0.25, 0.3) is 0 Å². The Hall–Kier alpha value is -1.03. The molecule has 1 N–H and O–H groups in total. The van der Waals surface area contributed by atoms with Gasteiger partial charge in [-0.3, -0.25) is 4.98 Å². The van der Waals surface area contributed by atoms with Gasteiger partial charge in [-0.15, -0.1) is 12.4 Å². The maximum absolute atomic E-state index is 6.12. The Morgan fingerprint density at radius 2 is 2.00 bits per heavy atom. The van der Waals surface area contributed by atoms with E-state index < -0.39 is 0 Å². The summed E-state index contributed by atoms with van der Waals surface area (Å²) >= 11 is 6.12. The fourth-order valence-electron chi connectivity index (χ4n) is 2.79. The molecule has 0 saturated carbocycles. The highest BCUT2D eigenvalue weighted by molar-refractivity contribution is 6.31. The lowest BCUT2D eigenvalue weighted by atomic mass is 10.1. The Balaban J connectivity index is 0.00000161. The van der Waals surface area contributed by atoms with Gasteiger partial charge in [-0.1, -0.05) is 24.9 Å². The van der Waals surface area contributed by atoms with Crippen molar-refractivity contribution in [3.8, 4) is 0 Å². The fraction of sp³-hybridized carbons (Fsp3) is 0.438. The van der Waals surface area contributed by atoms with E-state index in [1.165, 1.54) is 11.1 Å². The molecule has 3 nitrogen and oxygen atoms in total. The molecule has 0 amide bonds. The second-order valence-electron chi connectivity index (χ2n) is 5.28. The van der Waals surface area contributed by atoms with Crippen LogP contribution in [-0.2, 0) is 6.42 Å². The Kier molecular flexibility index (Phi) is 5.68. The molecular weight excluding hydrogens is 305 g/mol. The summed E-state index contributed by atoms with van der Waals surface area (Å²) in [4.78, 5) is 7.21. The summed E-state index contributed by atoms with van der Waals surface area (Å²) < 4.78 is 0. The van der Waals surface area contributed by atoms with Crippen molar-refractivity contribution in [3.63, 3.8) is 0 Å². The minimum absolute atomic E-state index is 0. The van der Waals surface area contributed by atoms with Crippen molar-refractivity contribution >= 4 is 40.6 Å². The largest absolute Gasteiger partial charge is 0.368 e. The van der Waals surface area contributed by atoms with E-state index in [2.05, 4.69) is 29.3 Å². The number of hydrogen-bond acceptors (Lipinski definition) is 3. The van der Waals surface area contributed by atoms with Gasteiger partial charge in [0.15, 0.2) is 0 Å². The van der Waals surface area contributed by atoms with Crippen molar-refractivity contribution in [3.05, 3.63) is 35.0 Å². The van der Waals surface area contributed by atoms with Crippen molar-refractivity contribution in [1.29, 1.82) is 0 Å². The molecule has 1 saturated heterocycles. The molecule has 114 valence electrons. The number of aryl methyl sites for hydroxylation is 1. The highest BCUT2D eigenvalue weighted by atomic mass is 35.5. The minimum Gasteiger partial charge on any atom is -0.368 e. The first-order valence-electron chi connectivity index (χ1n) is 7.33. The summed E-state index contributed by atoms with van der Waals surface area (Å²) in [6, 6.07) is 8.28. The molecule has 0 unspecified atom stereocenters. The summed E-state index contributed by atoms with van der Waals surface area (Å²) in [5.74, 6) is 0. The van der Waals surface area contributed by atoms with E-state index in [0.717, 1.165) is 55.3 Å². The maximum atomic E-state index is 6.12. The average Bonchev–Trinajstić information content (AvgIpc) is 2.47. The number of halogens is 2. The van der Waals surface area contributed by atoms with Gasteiger partial charge in [0, 0.05) is 48.0 Å². The van der Waals surface area contributed by atoms with Crippen LogP contribution in [0.15, 0.2) is 24.3 Å². The van der Waals surface area contributed by atoms with Crippen LogP contribution in [0, 0.1) is 0 Å². The zero-order valence-corrected chi connectivity index (χ0v) is 13.8. The van der Waals surface area contributed by atoms with Gasteiger partial charge in [0.05, 0.1) is 5.52 Å². The molecule has 0 atom stereocenters. The number of anilines is 1. The van der Waals surface area contributed by atoms with Crippen molar-refractivity contribution < 1.29 is 0 Å². The molecule has 21 heavy (non-hydrogen) atoms. The van der Waals surface area contributed by atoms with Gasteiger partial charge in [-0.2, -0.15) is 0 Å². The number of nitrogens with zero attached hydrogens (tertiary/aromatic N) is 2. The molecule has 0 spiro atoms. The smallest absolute Gasteiger partial charge is 0.0740 e. The SMILES string of the molecule is CCCc1cc(N2CCNCC2)c2ccc(Cl)cc2n1.Cl. The highest BCUT2D eigenvalue weighted by Crippen LogP contribution is 2.29. The number of piperazine rings is 1.